The molecule has 1 saturated carbocycles. The minimum absolute atomic E-state index is 0.656. The van der Waals surface area contributed by atoms with Gasteiger partial charge in [0, 0.05) is 13.2 Å². The average molecular weight is 196 g/mol. The molecule has 0 radical (unpaired) electrons. The van der Waals surface area contributed by atoms with Gasteiger partial charge in [-0.3, -0.25) is 0 Å². The highest BCUT2D eigenvalue weighted by molar-refractivity contribution is 5.00. The highest BCUT2D eigenvalue weighted by atomic mass is 16.5. The summed E-state index contributed by atoms with van der Waals surface area (Å²) in [5.74, 6) is 0.842. The number of nitrogens with two attached hydrogens (primary N) is 1. The van der Waals surface area contributed by atoms with Gasteiger partial charge in [0.05, 0.1) is 6.07 Å². The van der Waals surface area contributed by atoms with Gasteiger partial charge in [-0.2, -0.15) is 5.26 Å². The topological polar surface area (TPSA) is 59.0 Å². The van der Waals surface area contributed by atoms with E-state index in [-0.39, 0.29) is 0 Å². The molecule has 0 saturated heterocycles. The third-order valence-corrected chi connectivity index (χ3v) is 2.54. The van der Waals surface area contributed by atoms with Gasteiger partial charge < -0.3 is 10.5 Å². The Morgan fingerprint density at radius 2 is 2.21 bits per heavy atom. The smallest absolute Gasteiger partial charge is 0.101 e. The SMILES string of the molecule is CC(N)(C#N)CCCCOCC1CC1. The van der Waals surface area contributed by atoms with Gasteiger partial charge in [-0.15, -0.1) is 0 Å². The zero-order valence-corrected chi connectivity index (χ0v) is 8.96. The van der Waals surface area contributed by atoms with Crippen LogP contribution in [0.2, 0.25) is 0 Å². The normalized spacial score (nSPS) is 20.1. The van der Waals surface area contributed by atoms with E-state index in [0.717, 1.165) is 38.4 Å². The number of rotatable bonds is 7. The standard InChI is InChI=1S/C11H20N2O/c1-11(13,9-12)6-2-3-7-14-8-10-4-5-10/h10H,2-8,13H2,1H3. The first-order valence-electron chi connectivity index (χ1n) is 5.42. The molecule has 1 rings (SSSR count). The Balaban J connectivity index is 1.86. The molecule has 3 heteroatoms. The molecule has 1 aliphatic rings. The van der Waals surface area contributed by atoms with E-state index in [4.69, 9.17) is 15.7 Å². The fourth-order valence-electron chi connectivity index (χ4n) is 1.29. The molecule has 0 aromatic rings. The molecule has 0 bridgehead atoms. The summed E-state index contributed by atoms with van der Waals surface area (Å²) in [6.45, 7) is 3.52. The summed E-state index contributed by atoms with van der Waals surface area (Å²) in [6.07, 6.45) is 5.44. The summed E-state index contributed by atoms with van der Waals surface area (Å²) in [5.41, 5.74) is 5.03. The molecule has 1 fully saturated rings. The van der Waals surface area contributed by atoms with Gasteiger partial charge in [0.2, 0.25) is 0 Å². The number of unbranched alkanes of at least 4 members (excludes halogenated alkanes) is 1. The van der Waals surface area contributed by atoms with Crippen molar-refractivity contribution in [3.8, 4) is 6.07 Å². The van der Waals surface area contributed by atoms with Crippen molar-refractivity contribution < 1.29 is 4.74 Å². The molecule has 1 unspecified atom stereocenters. The molecule has 2 N–H and O–H groups in total. The highest BCUT2D eigenvalue weighted by Gasteiger charge is 2.21. The predicted molar refractivity (Wildman–Crippen MR) is 55.6 cm³/mol. The zero-order chi connectivity index (χ0) is 10.4. The van der Waals surface area contributed by atoms with E-state index in [1.165, 1.54) is 12.8 Å². The molecule has 0 aromatic heterocycles. The van der Waals surface area contributed by atoms with Crippen LogP contribution < -0.4 is 5.73 Å². The molecule has 0 heterocycles. The minimum Gasteiger partial charge on any atom is -0.381 e. The van der Waals surface area contributed by atoms with Crippen LogP contribution in [0.5, 0.6) is 0 Å². The lowest BCUT2D eigenvalue weighted by Gasteiger charge is -2.14. The van der Waals surface area contributed by atoms with Crippen molar-refractivity contribution in [1.29, 1.82) is 5.26 Å². The second-order valence-electron chi connectivity index (χ2n) is 4.50. The average Bonchev–Trinajstić information content (AvgIpc) is 2.95. The molecule has 0 amide bonds. The highest BCUT2D eigenvalue weighted by Crippen LogP contribution is 2.28. The van der Waals surface area contributed by atoms with E-state index in [0.29, 0.717) is 0 Å². The first kappa shape index (κ1) is 11.5. The van der Waals surface area contributed by atoms with Crippen LogP contribution in [0.4, 0.5) is 0 Å². The number of ether oxygens (including phenoxy) is 1. The van der Waals surface area contributed by atoms with Crippen LogP contribution in [0, 0.1) is 17.2 Å². The van der Waals surface area contributed by atoms with Crippen LogP contribution in [-0.4, -0.2) is 18.8 Å². The van der Waals surface area contributed by atoms with Crippen LogP contribution >= 0.6 is 0 Å². The van der Waals surface area contributed by atoms with E-state index in [2.05, 4.69) is 6.07 Å². The van der Waals surface area contributed by atoms with E-state index >= 15 is 0 Å². The maximum Gasteiger partial charge on any atom is 0.101 e. The monoisotopic (exact) mass is 196 g/mol. The van der Waals surface area contributed by atoms with Crippen LogP contribution in [-0.2, 0) is 4.74 Å². The number of hydrogen-bond donors (Lipinski definition) is 1. The molecule has 0 spiro atoms. The Hall–Kier alpha value is -0.590. The molecule has 1 atom stereocenters. The van der Waals surface area contributed by atoms with E-state index < -0.39 is 5.54 Å². The number of hydrogen-bond acceptors (Lipinski definition) is 3. The van der Waals surface area contributed by atoms with Crippen molar-refractivity contribution in [1.82, 2.24) is 0 Å². The maximum absolute atomic E-state index is 8.67. The van der Waals surface area contributed by atoms with Crippen LogP contribution in [0.3, 0.4) is 0 Å². The maximum atomic E-state index is 8.67. The van der Waals surface area contributed by atoms with Crippen molar-refractivity contribution in [2.45, 2.75) is 44.6 Å². The summed E-state index contributed by atoms with van der Waals surface area (Å²) in [6, 6.07) is 2.10. The van der Waals surface area contributed by atoms with Crippen LogP contribution in [0.25, 0.3) is 0 Å². The number of nitriles is 1. The van der Waals surface area contributed by atoms with Gasteiger partial charge in [0.1, 0.15) is 5.54 Å². The zero-order valence-electron chi connectivity index (χ0n) is 8.96. The molecule has 0 aromatic carbocycles. The van der Waals surface area contributed by atoms with Gasteiger partial charge in [0.15, 0.2) is 0 Å². The fraction of sp³-hybridized carbons (Fsp3) is 0.909. The van der Waals surface area contributed by atoms with E-state index in [9.17, 15) is 0 Å². The summed E-state index contributed by atoms with van der Waals surface area (Å²) in [7, 11) is 0. The molecule has 80 valence electrons. The second-order valence-corrected chi connectivity index (χ2v) is 4.50. The van der Waals surface area contributed by atoms with Crippen molar-refractivity contribution >= 4 is 0 Å². The summed E-state index contributed by atoms with van der Waals surface area (Å²) in [4.78, 5) is 0. The Morgan fingerprint density at radius 3 is 2.79 bits per heavy atom. The molecule has 14 heavy (non-hydrogen) atoms. The largest absolute Gasteiger partial charge is 0.381 e. The molecular weight excluding hydrogens is 176 g/mol. The summed E-state index contributed by atoms with van der Waals surface area (Å²) in [5, 5.41) is 8.67. The quantitative estimate of drug-likeness (QED) is 0.632. The van der Waals surface area contributed by atoms with Gasteiger partial charge in [-0.1, -0.05) is 0 Å². The Labute approximate surface area is 86.2 Å². The third kappa shape index (κ3) is 5.21. The van der Waals surface area contributed by atoms with E-state index in [1.54, 1.807) is 6.92 Å². The molecule has 0 aliphatic heterocycles. The Bertz CT molecular complexity index is 204. The first-order chi connectivity index (χ1) is 6.64. The molecule has 3 nitrogen and oxygen atoms in total. The van der Waals surface area contributed by atoms with Gasteiger partial charge in [-0.25, -0.2) is 0 Å². The summed E-state index contributed by atoms with van der Waals surface area (Å²) >= 11 is 0. The fourth-order valence-corrected chi connectivity index (χ4v) is 1.29. The van der Waals surface area contributed by atoms with Crippen molar-refractivity contribution in [2.24, 2.45) is 11.7 Å². The lowest BCUT2D eigenvalue weighted by molar-refractivity contribution is 0.120. The second kappa shape index (κ2) is 5.33. The van der Waals surface area contributed by atoms with Gasteiger partial charge in [0.25, 0.3) is 0 Å². The van der Waals surface area contributed by atoms with E-state index in [1.807, 2.05) is 0 Å². The first-order valence-corrected chi connectivity index (χ1v) is 5.42. The van der Waals surface area contributed by atoms with Gasteiger partial charge >= 0.3 is 0 Å². The third-order valence-electron chi connectivity index (χ3n) is 2.54. The lowest BCUT2D eigenvalue weighted by Crippen LogP contribution is -2.33. The number of nitrogens with zero attached hydrogens (tertiary/aromatic N) is 1. The van der Waals surface area contributed by atoms with Gasteiger partial charge in [-0.05, 0) is 44.9 Å². The Morgan fingerprint density at radius 1 is 1.50 bits per heavy atom. The minimum atomic E-state index is -0.656. The van der Waals surface area contributed by atoms with Crippen molar-refractivity contribution in [2.75, 3.05) is 13.2 Å². The predicted octanol–water partition coefficient (Wildman–Crippen LogP) is 1.82. The Kier molecular flexibility index (Phi) is 4.37. The molecular formula is C11H20N2O. The molecule has 1 aliphatic carbocycles. The van der Waals surface area contributed by atoms with Crippen LogP contribution in [0.15, 0.2) is 0 Å². The summed E-state index contributed by atoms with van der Waals surface area (Å²) < 4.78 is 5.48. The van der Waals surface area contributed by atoms with Crippen molar-refractivity contribution in [3.63, 3.8) is 0 Å². The lowest BCUT2D eigenvalue weighted by atomic mass is 9.98. The van der Waals surface area contributed by atoms with Crippen molar-refractivity contribution in [3.05, 3.63) is 0 Å². The van der Waals surface area contributed by atoms with Crippen LogP contribution in [0.1, 0.15) is 39.0 Å².